The summed E-state index contributed by atoms with van der Waals surface area (Å²) in [6, 6.07) is 7.72. The van der Waals surface area contributed by atoms with Crippen LogP contribution in [0, 0.1) is 0 Å². The summed E-state index contributed by atoms with van der Waals surface area (Å²) < 4.78 is 6.48. The van der Waals surface area contributed by atoms with Crippen molar-refractivity contribution in [2.24, 2.45) is 0 Å². The van der Waals surface area contributed by atoms with Crippen molar-refractivity contribution in [1.29, 1.82) is 0 Å². The zero-order valence-corrected chi connectivity index (χ0v) is 23.7. The van der Waals surface area contributed by atoms with Gasteiger partial charge in [-0.1, -0.05) is 35.5 Å². The second kappa shape index (κ2) is 17.2. The first-order valence-electron chi connectivity index (χ1n) is 13.6. The van der Waals surface area contributed by atoms with E-state index in [1.165, 1.54) is 7.11 Å². The van der Waals surface area contributed by atoms with Gasteiger partial charge in [-0.2, -0.15) is 0 Å². The Bertz CT molecular complexity index is 1100. The summed E-state index contributed by atoms with van der Waals surface area (Å²) in [7, 11) is 1.29. The number of hydrogen-bond donors (Lipinski definition) is 4. The number of esters is 1. The number of benzene rings is 1. The van der Waals surface area contributed by atoms with Crippen LogP contribution in [0.2, 0.25) is 0 Å². The van der Waals surface area contributed by atoms with Crippen LogP contribution in [0.1, 0.15) is 62.2 Å². The molecule has 6 N–H and O–H groups in total. The molecule has 0 radical (unpaired) electrons. The van der Waals surface area contributed by atoms with Crippen LogP contribution in [0.3, 0.4) is 0 Å². The molecule has 0 saturated carbocycles. The molecular formula is C27H40ClN7O5. The predicted molar refractivity (Wildman–Crippen MR) is 142 cm³/mol. The number of fused-ring (bicyclic) bond motifs is 1. The van der Waals surface area contributed by atoms with Gasteiger partial charge in [-0.25, -0.2) is 9.48 Å². The maximum atomic E-state index is 13.3. The Kier molecular flexibility index (Phi) is 14.1. The van der Waals surface area contributed by atoms with Crippen LogP contribution < -0.4 is 34.1 Å². The molecule has 0 spiro atoms. The van der Waals surface area contributed by atoms with E-state index in [1.807, 2.05) is 30.3 Å². The maximum absolute atomic E-state index is 13.3. The van der Waals surface area contributed by atoms with E-state index in [2.05, 4.69) is 32.0 Å². The highest BCUT2D eigenvalue weighted by molar-refractivity contribution is 5.86. The van der Waals surface area contributed by atoms with Crippen LogP contribution in [0.5, 0.6) is 0 Å². The zero-order valence-electron chi connectivity index (χ0n) is 22.9. The second-order valence-corrected chi connectivity index (χ2v) is 9.79. The molecule has 13 heteroatoms. The van der Waals surface area contributed by atoms with Gasteiger partial charge in [0.15, 0.2) is 6.04 Å². The number of aryl methyl sites for hydroxylation is 1. The standard InChI is InChI=1S/C27H39N7O5.ClH/c1-39-27(38)22-12-6-8-16-30-26(37)23(17-19-9-3-2-4-10-19)34-20(18-31-33-34)13-14-24(35)29-15-7-5-11-21(28)25(36)32-22;/h2-4,9-10,18,21-23H,5-8,11-17,28H2,1H3,(H,29,35)(H,30,37)(H,32,36);1H/t21-,22+,23+;/m1./s1. The Balaban J connectivity index is 0.00000560. The molecule has 0 aliphatic carbocycles. The number of carbonyl (C=O) groups excluding carboxylic acids is 4. The van der Waals surface area contributed by atoms with Gasteiger partial charge in [-0.05, 0) is 44.1 Å². The highest BCUT2D eigenvalue weighted by atomic mass is 35.5. The van der Waals surface area contributed by atoms with Gasteiger partial charge in [-0.3, -0.25) is 14.4 Å². The van der Waals surface area contributed by atoms with Gasteiger partial charge in [0.05, 0.1) is 19.0 Å². The molecule has 1 aromatic heterocycles. The van der Waals surface area contributed by atoms with Crippen molar-refractivity contribution in [2.75, 3.05) is 20.2 Å². The number of amides is 3. The number of ether oxygens (including phenoxy) is 1. The van der Waals surface area contributed by atoms with E-state index >= 15 is 0 Å². The van der Waals surface area contributed by atoms with Gasteiger partial charge in [0.1, 0.15) is 12.1 Å². The molecule has 220 valence electrons. The highest BCUT2D eigenvalue weighted by Gasteiger charge is 2.27. The van der Waals surface area contributed by atoms with Gasteiger partial charge < -0.3 is 38.8 Å². The summed E-state index contributed by atoms with van der Waals surface area (Å²) in [5.74, 6) is -1.14. The monoisotopic (exact) mass is 577 g/mol. The van der Waals surface area contributed by atoms with Gasteiger partial charge in [0, 0.05) is 32.4 Å². The Morgan fingerprint density at radius 3 is 2.42 bits per heavy atom. The van der Waals surface area contributed by atoms with E-state index in [9.17, 15) is 19.2 Å². The van der Waals surface area contributed by atoms with Crippen LogP contribution in [0.15, 0.2) is 36.5 Å². The van der Waals surface area contributed by atoms with Crippen molar-refractivity contribution in [3.63, 3.8) is 0 Å². The lowest BCUT2D eigenvalue weighted by atomic mass is 10.0. The number of quaternary nitrogens is 1. The second-order valence-electron chi connectivity index (χ2n) is 9.79. The highest BCUT2D eigenvalue weighted by Crippen LogP contribution is 2.17. The zero-order chi connectivity index (χ0) is 28.0. The van der Waals surface area contributed by atoms with Gasteiger partial charge in [0.2, 0.25) is 11.8 Å². The van der Waals surface area contributed by atoms with E-state index in [4.69, 9.17) is 4.74 Å². The van der Waals surface area contributed by atoms with Crippen LogP contribution in [-0.4, -0.2) is 71.0 Å². The van der Waals surface area contributed by atoms with Crippen molar-refractivity contribution >= 4 is 23.7 Å². The molecule has 3 amide bonds. The molecule has 0 unspecified atom stereocenters. The van der Waals surface area contributed by atoms with Crippen molar-refractivity contribution in [1.82, 2.24) is 30.9 Å². The summed E-state index contributed by atoms with van der Waals surface area (Å²) in [4.78, 5) is 50.6. The number of methoxy groups -OCH3 is 1. The van der Waals surface area contributed by atoms with Crippen LogP contribution in [-0.2, 0) is 36.8 Å². The molecule has 1 aliphatic rings. The molecule has 1 aromatic carbocycles. The molecule has 0 fully saturated rings. The Hall–Kier alpha value is -3.51. The predicted octanol–water partition coefficient (Wildman–Crippen LogP) is -3.15. The van der Waals surface area contributed by atoms with E-state index in [0.29, 0.717) is 70.2 Å². The lowest BCUT2D eigenvalue weighted by Gasteiger charge is -2.20. The molecule has 12 nitrogen and oxygen atoms in total. The molecule has 0 saturated heterocycles. The molecule has 40 heavy (non-hydrogen) atoms. The SMILES string of the molecule is COC(=O)[C@@H]1CCCCNC(=O)[C@H](Cc2ccccc2)n2nncc2CCC(=O)NCCCC[C@@H]([NH3+])C(=O)N1.[Cl-]. The number of aromatic nitrogens is 3. The average Bonchev–Trinajstić information content (AvgIpc) is 3.41. The first-order valence-corrected chi connectivity index (χ1v) is 13.6. The largest absolute Gasteiger partial charge is 1.00 e. The van der Waals surface area contributed by atoms with Crippen molar-refractivity contribution < 1.29 is 42.1 Å². The third kappa shape index (κ3) is 10.2. The Morgan fingerprint density at radius 1 is 1.00 bits per heavy atom. The molecular weight excluding hydrogens is 538 g/mol. The molecule has 2 aromatic rings. The molecule has 1 aliphatic heterocycles. The van der Waals surface area contributed by atoms with Crippen LogP contribution in [0.25, 0.3) is 0 Å². The number of halogens is 1. The lowest BCUT2D eigenvalue weighted by Crippen LogP contribution is -3.00. The van der Waals surface area contributed by atoms with Crippen molar-refractivity contribution in [3.8, 4) is 0 Å². The first-order chi connectivity index (χ1) is 18.9. The minimum absolute atomic E-state index is 0. The number of rotatable bonds is 3. The fourth-order valence-corrected chi connectivity index (χ4v) is 4.52. The summed E-state index contributed by atoms with van der Waals surface area (Å²) in [5, 5.41) is 16.9. The quantitative estimate of drug-likeness (QED) is 0.279. The van der Waals surface area contributed by atoms with E-state index in [-0.39, 0.29) is 36.5 Å². The molecule has 2 heterocycles. The molecule has 0 bridgehead atoms. The van der Waals surface area contributed by atoms with E-state index in [0.717, 1.165) is 5.56 Å². The number of nitrogens with one attached hydrogen (secondary N) is 3. The minimum Gasteiger partial charge on any atom is -1.00 e. The van der Waals surface area contributed by atoms with E-state index < -0.39 is 24.1 Å². The van der Waals surface area contributed by atoms with Crippen molar-refractivity contribution in [3.05, 3.63) is 47.8 Å². The number of nitrogens with zero attached hydrogens (tertiary/aromatic N) is 3. The number of carbonyl (C=O) groups is 4. The average molecular weight is 578 g/mol. The number of hydrogen-bond acceptors (Lipinski definition) is 7. The summed E-state index contributed by atoms with van der Waals surface area (Å²) in [5.41, 5.74) is 5.61. The smallest absolute Gasteiger partial charge is 0.328 e. The first kappa shape index (κ1) is 32.7. The topological polar surface area (TPSA) is 172 Å². The van der Waals surface area contributed by atoms with Crippen LogP contribution in [0.4, 0.5) is 0 Å². The maximum Gasteiger partial charge on any atom is 0.328 e. The van der Waals surface area contributed by atoms with Gasteiger partial charge in [0.25, 0.3) is 5.91 Å². The Labute approximate surface area is 240 Å². The lowest BCUT2D eigenvalue weighted by molar-refractivity contribution is -0.405. The third-order valence-corrected chi connectivity index (χ3v) is 6.82. The summed E-state index contributed by atoms with van der Waals surface area (Å²) in [6.07, 6.45) is 6.16. The summed E-state index contributed by atoms with van der Waals surface area (Å²) >= 11 is 0. The fourth-order valence-electron chi connectivity index (χ4n) is 4.52. The molecule has 3 rings (SSSR count). The summed E-state index contributed by atoms with van der Waals surface area (Å²) in [6.45, 7) is 0.866. The fraction of sp³-hybridized carbons (Fsp3) is 0.556. The van der Waals surface area contributed by atoms with Crippen molar-refractivity contribution in [2.45, 2.75) is 75.9 Å². The van der Waals surface area contributed by atoms with E-state index in [1.54, 1.807) is 10.9 Å². The van der Waals surface area contributed by atoms with Gasteiger partial charge in [-0.15, -0.1) is 5.10 Å². The molecule has 3 atom stereocenters. The van der Waals surface area contributed by atoms with Crippen LogP contribution >= 0.6 is 0 Å². The minimum atomic E-state index is -0.778. The third-order valence-electron chi connectivity index (χ3n) is 6.82. The Morgan fingerprint density at radius 2 is 1.70 bits per heavy atom. The normalized spacial score (nSPS) is 22.2. The van der Waals surface area contributed by atoms with Gasteiger partial charge >= 0.3 is 5.97 Å².